The van der Waals surface area contributed by atoms with Crippen LogP contribution >= 0.6 is 0 Å². The minimum atomic E-state index is 0.378. The summed E-state index contributed by atoms with van der Waals surface area (Å²) < 4.78 is 5.76. The zero-order valence-corrected chi connectivity index (χ0v) is 11.2. The molecule has 0 amide bonds. The van der Waals surface area contributed by atoms with E-state index in [4.69, 9.17) is 4.74 Å². The number of hydrogen-bond donors (Lipinski definition) is 1. The lowest BCUT2D eigenvalue weighted by Gasteiger charge is -2.19. The van der Waals surface area contributed by atoms with Crippen molar-refractivity contribution < 1.29 is 4.74 Å². The Labute approximate surface area is 95.8 Å². The van der Waals surface area contributed by atoms with E-state index >= 15 is 0 Å². The highest BCUT2D eigenvalue weighted by Gasteiger charge is 2.08. The van der Waals surface area contributed by atoms with E-state index in [1.807, 2.05) is 0 Å². The summed E-state index contributed by atoms with van der Waals surface area (Å²) in [6.45, 7) is 13.1. The van der Waals surface area contributed by atoms with Gasteiger partial charge in [0, 0.05) is 12.6 Å². The van der Waals surface area contributed by atoms with Crippen molar-refractivity contribution in [3.8, 4) is 0 Å². The van der Waals surface area contributed by atoms with Crippen LogP contribution in [0.2, 0.25) is 0 Å². The number of hydrogen-bond acceptors (Lipinski definition) is 2. The summed E-state index contributed by atoms with van der Waals surface area (Å²) in [4.78, 5) is 0. The molecule has 0 bridgehead atoms. The molecule has 0 aromatic carbocycles. The van der Waals surface area contributed by atoms with Crippen LogP contribution in [0.4, 0.5) is 0 Å². The molecule has 0 aliphatic rings. The molecule has 0 saturated carbocycles. The van der Waals surface area contributed by atoms with Gasteiger partial charge in [0.2, 0.25) is 0 Å². The zero-order valence-electron chi connectivity index (χ0n) is 11.2. The lowest BCUT2D eigenvalue weighted by atomic mass is 10.1. The molecular formula is C13H29NO. The highest BCUT2D eigenvalue weighted by Crippen LogP contribution is 2.05. The first-order chi connectivity index (χ1) is 7.06. The fourth-order valence-electron chi connectivity index (χ4n) is 1.54. The van der Waals surface area contributed by atoms with Crippen LogP contribution in [0.15, 0.2) is 0 Å². The summed E-state index contributed by atoms with van der Waals surface area (Å²) in [5.74, 6) is 0.743. The molecular weight excluding hydrogens is 186 g/mol. The Balaban J connectivity index is 3.42. The molecule has 2 atom stereocenters. The first kappa shape index (κ1) is 14.9. The van der Waals surface area contributed by atoms with Gasteiger partial charge < -0.3 is 10.1 Å². The second-order valence-corrected chi connectivity index (χ2v) is 4.95. The molecule has 0 aliphatic heterocycles. The van der Waals surface area contributed by atoms with E-state index in [0.717, 1.165) is 25.5 Å². The Hall–Kier alpha value is -0.0800. The van der Waals surface area contributed by atoms with Crippen LogP contribution in [0.25, 0.3) is 0 Å². The van der Waals surface area contributed by atoms with Crippen molar-refractivity contribution in [1.82, 2.24) is 5.32 Å². The molecule has 15 heavy (non-hydrogen) atoms. The van der Waals surface area contributed by atoms with Crippen LogP contribution < -0.4 is 5.32 Å². The number of rotatable bonds is 9. The predicted molar refractivity (Wildman–Crippen MR) is 67.2 cm³/mol. The third kappa shape index (κ3) is 10.2. The summed E-state index contributed by atoms with van der Waals surface area (Å²) in [5, 5.41) is 3.48. The van der Waals surface area contributed by atoms with Gasteiger partial charge in [-0.25, -0.2) is 0 Å². The maximum Gasteiger partial charge on any atom is 0.0561 e. The van der Waals surface area contributed by atoms with Crippen molar-refractivity contribution in [1.29, 1.82) is 0 Å². The van der Waals surface area contributed by atoms with E-state index in [0.29, 0.717) is 12.1 Å². The molecule has 0 saturated heterocycles. The van der Waals surface area contributed by atoms with Gasteiger partial charge in [-0.15, -0.1) is 0 Å². The van der Waals surface area contributed by atoms with Crippen LogP contribution in [0.1, 0.15) is 53.9 Å². The van der Waals surface area contributed by atoms with E-state index in [9.17, 15) is 0 Å². The van der Waals surface area contributed by atoms with Gasteiger partial charge in [-0.3, -0.25) is 0 Å². The fraction of sp³-hybridized carbons (Fsp3) is 1.00. The van der Waals surface area contributed by atoms with E-state index in [1.54, 1.807) is 0 Å². The summed E-state index contributed by atoms with van der Waals surface area (Å²) in [7, 11) is 0. The van der Waals surface area contributed by atoms with Crippen LogP contribution in [-0.4, -0.2) is 25.3 Å². The van der Waals surface area contributed by atoms with Gasteiger partial charge in [-0.05, 0) is 45.6 Å². The highest BCUT2D eigenvalue weighted by molar-refractivity contribution is 4.64. The Kier molecular flexibility index (Phi) is 9.12. The standard InChI is InChI=1S/C13H29NO/c1-6-8-14-12(4)10-13(5)15-9-7-11(2)3/h11-14H,6-10H2,1-5H3. The van der Waals surface area contributed by atoms with Gasteiger partial charge in [0.05, 0.1) is 6.10 Å². The lowest BCUT2D eigenvalue weighted by molar-refractivity contribution is 0.0477. The first-order valence-electron chi connectivity index (χ1n) is 6.41. The second kappa shape index (κ2) is 9.17. The van der Waals surface area contributed by atoms with E-state index in [2.05, 4.69) is 39.9 Å². The molecule has 0 radical (unpaired) electrons. The van der Waals surface area contributed by atoms with Crippen LogP contribution in [0.5, 0.6) is 0 Å². The maximum absolute atomic E-state index is 5.76. The van der Waals surface area contributed by atoms with E-state index < -0.39 is 0 Å². The van der Waals surface area contributed by atoms with Gasteiger partial charge in [0.15, 0.2) is 0 Å². The van der Waals surface area contributed by atoms with Gasteiger partial charge in [0.25, 0.3) is 0 Å². The molecule has 0 fully saturated rings. The van der Waals surface area contributed by atoms with Gasteiger partial charge in [0.1, 0.15) is 0 Å². The highest BCUT2D eigenvalue weighted by atomic mass is 16.5. The zero-order chi connectivity index (χ0) is 11.7. The van der Waals surface area contributed by atoms with Crippen molar-refractivity contribution in [3.05, 3.63) is 0 Å². The first-order valence-corrected chi connectivity index (χ1v) is 6.41. The average molecular weight is 215 g/mol. The molecule has 92 valence electrons. The monoisotopic (exact) mass is 215 g/mol. The molecule has 2 heteroatoms. The maximum atomic E-state index is 5.76. The van der Waals surface area contributed by atoms with E-state index in [-0.39, 0.29) is 0 Å². The third-order valence-electron chi connectivity index (χ3n) is 2.53. The van der Waals surface area contributed by atoms with Gasteiger partial charge in [-0.1, -0.05) is 20.8 Å². The topological polar surface area (TPSA) is 21.3 Å². The minimum Gasteiger partial charge on any atom is -0.378 e. The largest absolute Gasteiger partial charge is 0.378 e. The Morgan fingerprint density at radius 1 is 1.13 bits per heavy atom. The Morgan fingerprint density at radius 3 is 2.33 bits per heavy atom. The molecule has 1 N–H and O–H groups in total. The van der Waals surface area contributed by atoms with Gasteiger partial charge >= 0.3 is 0 Å². The fourth-order valence-corrected chi connectivity index (χ4v) is 1.54. The molecule has 0 aromatic rings. The summed E-state index contributed by atoms with van der Waals surface area (Å²) >= 11 is 0. The smallest absolute Gasteiger partial charge is 0.0561 e. The predicted octanol–water partition coefficient (Wildman–Crippen LogP) is 3.22. The third-order valence-corrected chi connectivity index (χ3v) is 2.53. The van der Waals surface area contributed by atoms with Crippen LogP contribution in [0.3, 0.4) is 0 Å². The molecule has 0 spiro atoms. The minimum absolute atomic E-state index is 0.378. The van der Waals surface area contributed by atoms with Crippen molar-refractivity contribution in [2.75, 3.05) is 13.2 Å². The molecule has 0 aromatic heterocycles. The second-order valence-electron chi connectivity index (χ2n) is 4.95. The summed E-state index contributed by atoms with van der Waals surface area (Å²) in [6, 6.07) is 0.569. The molecule has 0 aliphatic carbocycles. The number of nitrogens with one attached hydrogen (secondary N) is 1. The molecule has 0 heterocycles. The van der Waals surface area contributed by atoms with Gasteiger partial charge in [-0.2, -0.15) is 0 Å². The van der Waals surface area contributed by atoms with Crippen LogP contribution in [0, 0.1) is 5.92 Å². The van der Waals surface area contributed by atoms with Crippen molar-refractivity contribution in [2.24, 2.45) is 5.92 Å². The molecule has 2 unspecified atom stereocenters. The average Bonchev–Trinajstić information content (AvgIpc) is 2.14. The SMILES string of the molecule is CCCNC(C)CC(C)OCCC(C)C. The molecule has 0 rings (SSSR count). The summed E-state index contributed by atoms with van der Waals surface area (Å²) in [5.41, 5.74) is 0. The van der Waals surface area contributed by atoms with Crippen molar-refractivity contribution >= 4 is 0 Å². The Morgan fingerprint density at radius 2 is 1.80 bits per heavy atom. The summed E-state index contributed by atoms with van der Waals surface area (Å²) in [6.07, 6.45) is 3.86. The normalized spacial score (nSPS) is 15.6. The van der Waals surface area contributed by atoms with Crippen molar-refractivity contribution in [2.45, 2.75) is 66.0 Å². The van der Waals surface area contributed by atoms with Crippen molar-refractivity contribution in [3.63, 3.8) is 0 Å². The van der Waals surface area contributed by atoms with E-state index in [1.165, 1.54) is 12.8 Å². The lowest BCUT2D eigenvalue weighted by Crippen LogP contribution is -2.30. The quantitative estimate of drug-likeness (QED) is 0.637. The van der Waals surface area contributed by atoms with Crippen LogP contribution in [-0.2, 0) is 4.74 Å². The number of ether oxygens (including phenoxy) is 1. The molecule has 2 nitrogen and oxygen atoms in total. The Bertz CT molecular complexity index is 136.